The average Bonchev–Trinajstić information content (AvgIpc) is 2.48. The van der Waals surface area contributed by atoms with E-state index in [0.717, 1.165) is 23.6 Å². The van der Waals surface area contributed by atoms with E-state index in [1.54, 1.807) is 7.11 Å². The van der Waals surface area contributed by atoms with Gasteiger partial charge in [0.05, 0.1) is 13.7 Å². The van der Waals surface area contributed by atoms with Gasteiger partial charge in [-0.05, 0) is 49.6 Å². The Morgan fingerprint density at radius 1 is 1.00 bits per heavy atom. The number of para-hydroxylation sites is 1. The van der Waals surface area contributed by atoms with Gasteiger partial charge in [-0.2, -0.15) is 0 Å². The van der Waals surface area contributed by atoms with Gasteiger partial charge in [-0.3, -0.25) is 0 Å². The first-order chi connectivity index (χ1) is 10.2. The molecule has 0 unspecified atom stereocenters. The maximum Gasteiger partial charge on any atom is 0.161 e. The number of rotatable bonds is 6. The van der Waals surface area contributed by atoms with Crippen LogP contribution in [0.25, 0.3) is 0 Å². The monoisotopic (exact) mass is 285 g/mol. The molecule has 0 saturated heterocycles. The molecular weight excluding hydrogens is 262 g/mol. The molecule has 0 heterocycles. The van der Waals surface area contributed by atoms with Crippen LogP contribution in [0.5, 0.6) is 11.5 Å². The number of aryl methyl sites for hydroxylation is 2. The Bertz CT molecular complexity index is 588. The summed E-state index contributed by atoms with van der Waals surface area (Å²) in [5.74, 6) is 1.56. The summed E-state index contributed by atoms with van der Waals surface area (Å²) in [6, 6.07) is 12.4. The number of benzene rings is 2. The molecule has 0 aliphatic rings. The van der Waals surface area contributed by atoms with E-state index in [0.29, 0.717) is 6.61 Å². The topological polar surface area (TPSA) is 30.5 Å². The molecule has 0 amide bonds. The number of anilines is 1. The predicted molar refractivity (Wildman–Crippen MR) is 87.4 cm³/mol. The van der Waals surface area contributed by atoms with Gasteiger partial charge in [0.2, 0.25) is 0 Å². The molecule has 3 heteroatoms. The molecule has 0 saturated carbocycles. The smallest absolute Gasteiger partial charge is 0.161 e. The van der Waals surface area contributed by atoms with E-state index >= 15 is 0 Å². The molecule has 0 aliphatic carbocycles. The Morgan fingerprint density at radius 2 is 1.71 bits per heavy atom. The van der Waals surface area contributed by atoms with E-state index in [1.165, 1.54) is 16.8 Å². The summed E-state index contributed by atoms with van der Waals surface area (Å²) in [6.45, 7) is 7.60. The van der Waals surface area contributed by atoms with Crippen molar-refractivity contribution in [2.24, 2.45) is 0 Å². The van der Waals surface area contributed by atoms with E-state index in [2.05, 4.69) is 43.4 Å². The van der Waals surface area contributed by atoms with Gasteiger partial charge < -0.3 is 14.8 Å². The van der Waals surface area contributed by atoms with Crippen LogP contribution < -0.4 is 14.8 Å². The Balaban J connectivity index is 2.13. The summed E-state index contributed by atoms with van der Waals surface area (Å²) in [7, 11) is 1.67. The van der Waals surface area contributed by atoms with Gasteiger partial charge in [-0.25, -0.2) is 0 Å². The molecule has 0 spiro atoms. The van der Waals surface area contributed by atoms with Crippen molar-refractivity contribution in [2.45, 2.75) is 27.3 Å². The van der Waals surface area contributed by atoms with Crippen LogP contribution in [-0.4, -0.2) is 13.7 Å². The standard InChI is InChI=1S/C18H23NO2/c1-5-21-16-10-9-15(11-17(16)20-4)12-19-18-13(2)7-6-8-14(18)3/h6-11,19H,5,12H2,1-4H3. The molecule has 2 rings (SSSR count). The van der Waals surface area contributed by atoms with Crippen LogP contribution in [0.1, 0.15) is 23.6 Å². The summed E-state index contributed by atoms with van der Waals surface area (Å²) in [6.07, 6.45) is 0. The summed E-state index contributed by atoms with van der Waals surface area (Å²) < 4.78 is 10.9. The molecule has 0 atom stereocenters. The summed E-state index contributed by atoms with van der Waals surface area (Å²) in [5, 5.41) is 3.50. The molecular formula is C18H23NO2. The molecule has 2 aromatic carbocycles. The van der Waals surface area contributed by atoms with Gasteiger partial charge in [-0.15, -0.1) is 0 Å². The molecule has 0 bridgehead atoms. The average molecular weight is 285 g/mol. The third kappa shape index (κ3) is 3.69. The molecule has 0 aromatic heterocycles. The molecule has 0 fully saturated rings. The highest BCUT2D eigenvalue weighted by atomic mass is 16.5. The van der Waals surface area contributed by atoms with E-state index in [9.17, 15) is 0 Å². The summed E-state index contributed by atoms with van der Waals surface area (Å²) >= 11 is 0. The first kappa shape index (κ1) is 15.2. The van der Waals surface area contributed by atoms with Crippen molar-refractivity contribution >= 4 is 5.69 Å². The number of ether oxygens (including phenoxy) is 2. The second-order valence-corrected chi connectivity index (χ2v) is 5.04. The Morgan fingerprint density at radius 3 is 2.33 bits per heavy atom. The van der Waals surface area contributed by atoms with Gasteiger partial charge in [-0.1, -0.05) is 24.3 Å². The van der Waals surface area contributed by atoms with Gasteiger partial charge >= 0.3 is 0 Å². The first-order valence-corrected chi connectivity index (χ1v) is 7.25. The highest BCUT2D eigenvalue weighted by Crippen LogP contribution is 2.28. The maximum absolute atomic E-state index is 5.54. The lowest BCUT2D eigenvalue weighted by Crippen LogP contribution is -2.03. The molecule has 21 heavy (non-hydrogen) atoms. The van der Waals surface area contributed by atoms with Crippen molar-refractivity contribution in [2.75, 3.05) is 19.0 Å². The fraction of sp³-hybridized carbons (Fsp3) is 0.333. The lowest BCUT2D eigenvalue weighted by molar-refractivity contribution is 0.310. The SMILES string of the molecule is CCOc1ccc(CNc2c(C)cccc2C)cc1OC. The minimum Gasteiger partial charge on any atom is -0.493 e. The first-order valence-electron chi connectivity index (χ1n) is 7.25. The van der Waals surface area contributed by atoms with E-state index in [4.69, 9.17) is 9.47 Å². The van der Waals surface area contributed by atoms with E-state index in [-0.39, 0.29) is 0 Å². The van der Waals surface area contributed by atoms with Crippen molar-refractivity contribution in [1.29, 1.82) is 0 Å². The highest BCUT2D eigenvalue weighted by molar-refractivity contribution is 5.57. The number of hydrogen-bond donors (Lipinski definition) is 1. The quantitative estimate of drug-likeness (QED) is 0.857. The van der Waals surface area contributed by atoms with Crippen LogP contribution in [0.15, 0.2) is 36.4 Å². The second kappa shape index (κ2) is 7.02. The van der Waals surface area contributed by atoms with Gasteiger partial charge in [0.1, 0.15) is 0 Å². The van der Waals surface area contributed by atoms with Gasteiger partial charge in [0.25, 0.3) is 0 Å². The zero-order chi connectivity index (χ0) is 15.2. The Hall–Kier alpha value is -2.16. The highest BCUT2D eigenvalue weighted by Gasteiger charge is 2.06. The molecule has 0 radical (unpaired) electrons. The van der Waals surface area contributed by atoms with Crippen LogP contribution in [0, 0.1) is 13.8 Å². The minimum absolute atomic E-state index is 0.635. The fourth-order valence-corrected chi connectivity index (χ4v) is 2.38. The van der Waals surface area contributed by atoms with Crippen LogP contribution in [-0.2, 0) is 6.54 Å². The maximum atomic E-state index is 5.54. The summed E-state index contributed by atoms with van der Waals surface area (Å²) in [4.78, 5) is 0. The Labute approximate surface area is 126 Å². The van der Waals surface area contributed by atoms with Gasteiger partial charge in [0.15, 0.2) is 11.5 Å². The van der Waals surface area contributed by atoms with Crippen LogP contribution in [0.3, 0.4) is 0 Å². The fourth-order valence-electron chi connectivity index (χ4n) is 2.38. The molecule has 112 valence electrons. The molecule has 2 aromatic rings. The molecule has 1 N–H and O–H groups in total. The van der Waals surface area contributed by atoms with Crippen LogP contribution in [0.2, 0.25) is 0 Å². The minimum atomic E-state index is 0.635. The number of hydrogen-bond acceptors (Lipinski definition) is 3. The van der Waals surface area contributed by atoms with Crippen molar-refractivity contribution in [3.63, 3.8) is 0 Å². The number of methoxy groups -OCH3 is 1. The Kier molecular flexibility index (Phi) is 5.09. The molecule has 0 aliphatic heterocycles. The zero-order valence-corrected chi connectivity index (χ0v) is 13.2. The van der Waals surface area contributed by atoms with E-state index in [1.807, 2.05) is 19.1 Å². The lowest BCUT2D eigenvalue weighted by atomic mass is 10.1. The van der Waals surface area contributed by atoms with Crippen molar-refractivity contribution in [3.8, 4) is 11.5 Å². The van der Waals surface area contributed by atoms with Gasteiger partial charge in [0, 0.05) is 12.2 Å². The lowest BCUT2D eigenvalue weighted by Gasteiger charge is -2.14. The zero-order valence-electron chi connectivity index (χ0n) is 13.2. The van der Waals surface area contributed by atoms with Crippen molar-refractivity contribution in [1.82, 2.24) is 0 Å². The van der Waals surface area contributed by atoms with Crippen molar-refractivity contribution in [3.05, 3.63) is 53.1 Å². The summed E-state index contributed by atoms with van der Waals surface area (Å²) in [5.41, 5.74) is 4.88. The largest absolute Gasteiger partial charge is 0.493 e. The van der Waals surface area contributed by atoms with Crippen LogP contribution in [0.4, 0.5) is 5.69 Å². The third-order valence-corrected chi connectivity index (χ3v) is 3.48. The van der Waals surface area contributed by atoms with Crippen molar-refractivity contribution < 1.29 is 9.47 Å². The predicted octanol–water partition coefficient (Wildman–Crippen LogP) is 4.32. The van der Waals surface area contributed by atoms with E-state index < -0.39 is 0 Å². The van der Waals surface area contributed by atoms with Crippen LogP contribution >= 0.6 is 0 Å². The second-order valence-electron chi connectivity index (χ2n) is 5.04. The third-order valence-electron chi connectivity index (χ3n) is 3.48. The molecule has 3 nitrogen and oxygen atoms in total. The number of nitrogens with one attached hydrogen (secondary N) is 1. The normalized spacial score (nSPS) is 10.3.